The van der Waals surface area contributed by atoms with Crippen molar-refractivity contribution in [1.29, 1.82) is 0 Å². The Morgan fingerprint density at radius 3 is 2.55 bits per heavy atom. The van der Waals surface area contributed by atoms with Gasteiger partial charge in [-0.05, 0) is 11.6 Å². The minimum absolute atomic E-state index is 0.00324. The molecule has 0 N–H and O–H groups in total. The molecule has 2 heterocycles. The van der Waals surface area contributed by atoms with Crippen molar-refractivity contribution >= 4 is 16.1 Å². The molecule has 22 heavy (non-hydrogen) atoms. The molecule has 0 spiro atoms. The van der Waals surface area contributed by atoms with Gasteiger partial charge < -0.3 is 4.52 Å². The first-order valence-electron chi connectivity index (χ1n) is 5.63. The van der Waals surface area contributed by atoms with Crippen LogP contribution in [0.3, 0.4) is 0 Å². The van der Waals surface area contributed by atoms with Crippen molar-refractivity contribution in [2.45, 2.75) is 11.9 Å². The highest BCUT2D eigenvalue weighted by molar-refractivity contribution is 7.89. The van der Waals surface area contributed by atoms with Crippen molar-refractivity contribution in [1.82, 2.24) is 15.1 Å². The predicted octanol–water partition coefficient (Wildman–Crippen LogP) is 1.51. The van der Waals surface area contributed by atoms with Gasteiger partial charge in [-0.3, -0.25) is 9.78 Å². The van der Waals surface area contributed by atoms with Crippen LogP contribution in [-0.2, 0) is 21.8 Å². The molecule has 11 heteroatoms. The zero-order valence-corrected chi connectivity index (χ0v) is 11.8. The highest BCUT2D eigenvalue weighted by Gasteiger charge is 2.38. The third-order valence-electron chi connectivity index (χ3n) is 2.46. The summed E-state index contributed by atoms with van der Waals surface area (Å²) in [5.74, 6) is -2.44. The monoisotopic (exact) mass is 335 g/mol. The summed E-state index contributed by atoms with van der Waals surface area (Å²) in [6.45, 7) is 0. The maximum Gasteiger partial charge on any atom is 0.471 e. The number of rotatable bonds is 4. The Kier molecular flexibility index (Phi) is 4.00. The maximum atomic E-state index is 12.4. The number of carbonyl (C=O) groups excluding carboxylic acids is 1. The van der Waals surface area contributed by atoms with Crippen LogP contribution < -0.4 is 0 Å². The third kappa shape index (κ3) is 3.67. The summed E-state index contributed by atoms with van der Waals surface area (Å²) >= 11 is 0. The molecule has 0 aliphatic rings. The first-order valence-corrected chi connectivity index (χ1v) is 7.69. The van der Waals surface area contributed by atoms with Crippen molar-refractivity contribution in [2.75, 3.05) is 6.26 Å². The zero-order chi connectivity index (χ0) is 16.5. The van der Waals surface area contributed by atoms with Crippen LogP contribution in [0.25, 0.3) is 11.4 Å². The fourth-order valence-electron chi connectivity index (χ4n) is 1.60. The van der Waals surface area contributed by atoms with Gasteiger partial charge in [-0.2, -0.15) is 18.2 Å². The van der Waals surface area contributed by atoms with Crippen LogP contribution in [-0.4, -0.2) is 36.1 Å². The van der Waals surface area contributed by atoms with E-state index in [2.05, 4.69) is 19.6 Å². The summed E-state index contributed by atoms with van der Waals surface area (Å²) in [5.41, 5.74) is -0.0921. The fraction of sp³-hybridized carbons (Fsp3) is 0.273. The van der Waals surface area contributed by atoms with E-state index in [9.17, 15) is 26.4 Å². The van der Waals surface area contributed by atoms with Crippen LogP contribution in [0.5, 0.6) is 0 Å². The molecule has 0 aliphatic heterocycles. The maximum absolute atomic E-state index is 12.4. The van der Waals surface area contributed by atoms with Crippen molar-refractivity contribution in [2.24, 2.45) is 0 Å². The Bertz CT molecular complexity index is 814. The lowest BCUT2D eigenvalue weighted by Crippen LogP contribution is -2.06. The van der Waals surface area contributed by atoms with Gasteiger partial charge in [-0.1, -0.05) is 5.16 Å². The van der Waals surface area contributed by atoms with Gasteiger partial charge in [0, 0.05) is 18.0 Å². The first-order chi connectivity index (χ1) is 10.1. The SMILES string of the molecule is CS(=O)(=O)Cc1cc(-c2noc(C(F)(F)F)n2)cnc1C=O. The van der Waals surface area contributed by atoms with Crippen LogP contribution in [0.1, 0.15) is 21.9 Å². The molecule has 0 saturated carbocycles. The van der Waals surface area contributed by atoms with Gasteiger partial charge >= 0.3 is 12.1 Å². The van der Waals surface area contributed by atoms with Crippen molar-refractivity contribution < 1.29 is 30.9 Å². The van der Waals surface area contributed by atoms with Crippen LogP contribution in [0.15, 0.2) is 16.8 Å². The van der Waals surface area contributed by atoms with Crippen molar-refractivity contribution in [3.05, 3.63) is 29.4 Å². The van der Waals surface area contributed by atoms with Crippen LogP contribution in [0.4, 0.5) is 13.2 Å². The molecule has 118 valence electrons. The Hall–Kier alpha value is -2.30. The smallest absolute Gasteiger partial charge is 0.329 e. The van der Waals surface area contributed by atoms with E-state index in [-0.39, 0.29) is 16.8 Å². The molecule has 0 aliphatic carbocycles. The van der Waals surface area contributed by atoms with E-state index < -0.39 is 33.5 Å². The second-order valence-corrected chi connectivity index (χ2v) is 6.52. The molecule has 0 saturated heterocycles. The number of aromatic nitrogens is 3. The lowest BCUT2D eigenvalue weighted by molar-refractivity contribution is -0.159. The molecule has 0 atom stereocenters. The number of nitrogens with zero attached hydrogens (tertiary/aromatic N) is 3. The molecule has 0 unspecified atom stereocenters. The van der Waals surface area contributed by atoms with Gasteiger partial charge in [0.15, 0.2) is 16.1 Å². The highest BCUT2D eigenvalue weighted by Crippen LogP contribution is 2.29. The number of aldehydes is 1. The zero-order valence-electron chi connectivity index (χ0n) is 11.0. The Morgan fingerprint density at radius 2 is 2.05 bits per heavy atom. The number of hydrogen-bond acceptors (Lipinski definition) is 7. The molecule has 0 bridgehead atoms. The quantitative estimate of drug-likeness (QED) is 0.780. The van der Waals surface area contributed by atoms with Crippen molar-refractivity contribution in [3.8, 4) is 11.4 Å². The average Bonchev–Trinajstić information content (AvgIpc) is 2.86. The van der Waals surface area contributed by atoms with E-state index in [1.807, 2.05) is 0 Å². The van der Waals surface area contributed by atoms with Crippen LogP contribution in [0.2, 0.25) is 0 Å². The lowest BCUT2D eigenvalue weighted by atomic mass is 10.1. The molecule has 2 aromatic heterocycles. The van der Waals surface area contributed by atoms with Crippen LogP contribution >= 0.6 is 0 Å². The van der Waals surface area contributed by atoms with Gasteiger partial charge in [0.1, 0.15) is 5.69 Å². The molecule has 7 nitrogen and oxygen atoms in total. The van der Waals surface area contributed by atoms with E-state index in [1.165, 1.54) is 6.07 Å². The molecular weight excluding hydrogens is 327 g/mol. The molecule has 0 radical (unpaired) electrons. The van der Waals surface area contributed by atoms with Gasteiger partial charge in [-0.25, -0.2) is 8.42 Å². The molecule has 0 fully saturated rings. The summed E-state index contributed by atoms with van der Waals surface area (Å²) in [5, 5.41) is 3.16. The Labute approximate surface area is 122 Å². The molecule has 2 rings (SSSR count). The molecule has 0 aromatic carbocycles. The normalized spacial score (nSPS) is 12.4. The second-order valence-electron chi connectivity index (χ2n) is 4.38. The number of sulfone groups is 1. The Balaban J connectivity index is 2.46. The Morgan fingerprint density at radius 1 is 1.36 bits per heavy atom. The summed E-state index contributed by atoms with van der Waals surface area (Å²) in [7, 11) is -3.47. The van der Waals surface area contributed by atoms with E-state index >= 15 is 0 Å². The molecular formula is C11H8F3N3O4S. The minimum atomic E-state index is -4.79. The van der Waals surface area contributed by atoms with Gasteiger partial charge in [0.25, 0.3) is 0 Å². The minimum Gasteiger partial charge on any atom is -0.329 e. The topological polar surface area (TPSA) is 103 Å². The van der Waals surface area contributed by atoms with E-state index in [1.54, 1.807) is 0 Å². The van der Waals surface area contributed by atoms with Crippen molar-refractivity contribution in [3.63, 3.8) is 0 Å². The third-order valence-corrected chi connectivity index (χ3v) is 3.29. The number of carbonyl (C=O) groups is 1. The number of alkyl halides is 3. The highest BCUT2D eigenvalue weighted by atomic mass is 32.2. The van der Waals surface area contributed by atoms with E-state index in [0.29, 0.717) is 6.29 Å². The fourth-order valence-corrected chi connectivity index (χ4v) is 2.40. The van der Waals surface area contributed by atoms with E-state index in [4.69, 9.17) is 0 Å². The van der Waals surface area contributed by atoms with E-state index in [0.717, 1.165) is 12.5 Å². The second kappa shape index (κ2) is 5.48. The summed E-state index contributed by atoms with van der Waals surface area (Å²) in [6.07, 6.45) is -2.44. The summed E-state index contributed by atoms with van der Waals surface area (Å²) < 4.78 is 63.9. The van der Waals surface area contributed by atoms with Gasteiger partial charge in [0.2, 0.25) is 5.82 Å². The lowest BCUT2D eigenvalue weighted by Gasteiger charge is -2.04. The molecule has 2 aromatic rings. The number of hydrogen-bond donors (Lipinski definition) is 0. The molecule has 0 amide bonds. The number of pyridine rings is 1. The first kappa shape index (κ1) is 16.1. The van der Waals surface area contributed by atoms with Crippen LogP contribution in [0, 0.1) is 0 Å². The summed E-state index contributed by atoms with van der Waals surface area (Å²) in [4.78, 5) is 17.7. The average molecular weight is 335 g/mol. The van der Waals surface area contributed by atoms with Gasteiger partial charge in [0.05, 0.1) is 5.75 Å². The standard InChI is InChI=1S/C11H8F3N3O4S/c1-22(19,20)5-7-2-6(3-15-8(7)4-18)9-16-10(21-17-9)11(12,13)14/h2-4H,5H2,1H3. The number of halogens is 3. The predicted molar refractivity (Wildman–Crippen MR) is 66.5 cm³/mol. The summed E-state index contributed by atoms with van der Waals surface area (Å²) in [6, 6.07) is 1.18. The van der Waals surface area contributed by atoms with Gasteiger partial charge in [-0.15, -0.1) is 0 Å². The largest absolute Gasteiger partial charge is 0.471 e.